The molecule has 3 N–H and O–H groups in total. The predicted octanol–water partition coefficient (Wildman–Crippen LogP) is 2.85. The number of hydrogen-bond donors (Lipinski definition) is 2. The van der Waals surface area contributed by atoms with Crippen LogP contribution >= 0.6 is 0 Å². The standard InChI is InChI=1S/C12H10O3.C11H11NO.N3.Na/c1-15-11-5-4-8-2-3-9(12(13)14)6-10(8)7-11;1-13-11-5-3-8-2-4-10(12)6-9(8)7-11;1-3-2;/h2-7H,1H3,(H,13,14);2-7H,12H2,1H3;;/q;;-1;+1. The Hall–Kier alpha value is -3.42. The number of carboxylic acid groups (broad SMARTS) is 1. The van der Waals surface area contributed by atoms with Crippen molar-refractivity contribution in [2.24, 2.45) is 0 Å². The number of aromatic carboxylic acids is 1. The smallest absolute Gasteiger partial charge is 0.497 e. The van der Waals surface area contributed by atoms with Gasteiger partial charge in [-0.1, -0.05) is 24.3 Å². The second-order valence-electron chi connectivity index (χ2n) is 6.29. The molecule has 4 aromatic rings. The summed E-state index contributed by atoms with van der Waals surface area (Å²) in [4.78, 5) is 12.3. The first-order valence-corrected chi connectivity index (χ1v) is 9.04. The second kappa shape index (κ2) is 13.1. The van der Waals surface area contributed by atoms with Crippen molar-refractivity contribution >= 4 is 33.2 Å². The summed E-state index contributed by atoms with van der Waals surface area (Å²) in [5, 5.41) is 13.0. The average molecular weight is 440 g/mol. The number of nitrogen functional groups attached to an aromatic ring is 1. The van der Waals surface area contributed by atoms with E-state index in [-0.39, 0.29) is 35.1 Å². The molecule has 0 aromatic heterocycles. The zero-order chi connectivity index (χ0) is 22.8. The van der Waals surface area contributed by atoms with E-state index in [4.69, 9.17) is 31.4 Å². The van der Waals surface area contributed by atoms with Crippen LogP contribution < -0.4 is 44.8 Å². The van der Waals surface area contributed by atoms with Crippen molar-refractivity contribution in [1.29, 1.82) is 0 Å². The molecule has 0 unspecified atom stereocenters. The number of carboxylic acids is 1. The van der Waals surface area contributed by atoms with E-state index >= 15 is 0 Å². The summed E-state index contributed by atoms with van der Waals surface area (Å²) in [5.41, 5.74) is 20.2. The van der Waals surface area contributed by atoms with E-state index in [1.807, 2.05) is 54.6 Å². The van der Waals surface area contributed by atoms with Crippen LogP contribution in [0.25, 0.3) is 37.5 Å². The van der Waals surface area contributed by atoms with Crippen molar-refractivity contribution < 1.29 is 48.9 Å². The van der Waals surface area contributed by atoms with Crippen molar-refractivity contribution in [3.63, 3.8) is 0 Å². The van der Waals surface area contributed by atoms with Gasteiger partial charge >= 0.3 is 35.5 Å². The van der Waals surface area contributed by atoms with Gasteiger partial charge in [0.15, 0.2) is 0 Å². The van der Waals surface area contributed by atoms with Crippen LogP contribution in [0, 0.1) is 0 Å². The van der Waals surface area contributed by atoms with Gasteiger partial charge in [0.25, 0.3) is 0 Å². The quantitative estimate of drug-likeness (QED) is 0.166. The molecule has 9 heteroatoms. The van der Waals surface area contributed by atoms with Crippen molar-refractivity contribution in [1.82, 2.24) is 0 Å². The molecule has 0 aliphatic carbocycles. The number of rotatable bonds is 3. The molecular formula is C23H21N4NaO4. The first-order valence-electron chi connectivity index (χ1n) is 9.04. The Morgan fingerprint density at radius 1 is 0.781 bits per heavy atom. The van der Waals surface area contributed by atoms with Crippen molar-refractivity contribution in [2.75, 3.05) is 20.0 Å². The summed E-state index contributed by atoms with van der Waals surface area (Å²) in [5.74, 6) is 0.669. The average Bonchev–Trinajstić information content (AvgIpc) is 2.78. The third-order valence-corrected chi connectivity index (χ3v) is 4.37. The number of hydrogen-bond acceptors (Lipinski definition) is 4. The Bertz CT molecular complexity index is 1240. The summed E-state index contributed by atoms with van der Waals surface area (Å²) in [6.45, 7) is 0. The van der Waals surface area contributed by atoms with Gasteiger partial charge in [0.1, 0.15) is 11.5 Å². The molecular weight excluding hydrogens is 419 g/mol. The van der Waals surface area contributed by atoms with E-state index < -0.39 is 5.97 Å². The van der Waals surface area contributed by atoms with Gasteiger partial charge in [-0.3, -0.25) is 4.91 Å². The molecule has 0 spiro atoms. The van der Waals surface area contributed by atoms with E-state index in [9.17, 15) is 4.79 Å². The number of methoxy groups -OCH3 is 2. The molecule has 0 saturated heterocycles. The van der Waals surface area contributed by atoms with E-state index in [1.54, 1.807) is 32.4 Å². The van der Waals surface area contributed by atoms with Gasteiger partial charge in [0.2, 0.25) is 0 Å². The topological polar surface area (TPSA) is 140 Å². The number of benzene rings is 4. The Morgan fingerprint density at radius 2 is 1.22 bits per heavy atom. The predicted molar refractivity (Wildman–Crippen MR) is 122 cm³/mol. The maximum Gasteiger partial charge on any atom is 1.00 e. The SMILES string of the molecule is COc1ccc2ccc(C(=O)O)cc2c1.COc1ccc2ccc(N)cc2c1.[N-]=[N+]=[N-].[Na+]. The Labute approximate surface area is 207 Å². The van der Waals surface area contributed by atoms with Gasteiger partial charge in [-0.05, 0) is 70.1 Å². The summed E-state index contributed by atoms with van der Waals surface area (Å²) < 4.78 is 10.2. The summed E-state index contributed by atoms with van der Waals surface area (Å²) >= 11 is 0. The minimum atomic E-state index is -0.917. The Balaban J connectivity index is 0.000000280. The van der Waals surface area contributed by atoms with Gasteiger partial charge in [0.05, 0.1) is 19.8 Å². The Kier molecular flexibility index (Phi) is 10.9. The van der Waals surface area contributed by atoms with Crippen LogP contribution in [0.1, 0.15) is 10.4 Å². The summed E-state index contributed by atoms with van der Waals surface area (Å²) in [7, 11) is 3.25. The zero-order valence-corrected chi connectivity index (χ0v) is 20.0. The zero-order valence-electron chi connectivity index (χ0n) is 18.0. The molecule has 0 aliphatic rings. The molecule has 0 heterocycles. The number of ether oxygens (including phenoxy) is 2. The maximum absolute atomic E-state index is 10.8. The van der Waals surface area contributed by atoms with E-state index in [2.05, 4.69) is 0 Å². The van der Waals surface area contributed by atoms with Crippen LogP contribution in [0.5, 0.6) is 11.5 Å². The monoisotopic (exact) mass is 440 g/mol. The van der Waals surface area contributed by atoms with Crippen LogP contribution in [0.3, 0.4) is 0 Å². The molecule has 4 aromatic carbocycles. The molecule has 0 atom stereocenters. The molecule has 32 heavy (non-hydrogen) atoms. The van der Waals surface area contributed by atoms with Crippen LogP contribution in [0.2, 0.25) is 0 Å². The number of nitrogens with two attached hydrogens (primary N) is 1. The Morgan fingerprint density at radius 3 is 1.69 bits per heavy atom. The molecule has 8 nitrogen and oxygen atoms in total. The molecule has 0 amide bonds. The van der Waals surface area contributed by atoms with E-state index in [0.29, 0.717) is 0 Å². The van der Waals surface area contributed by atoms with E-state index in [0.717, 1.165) is 33.3 Å². The molecule has 0 radical (unpaired) electrons. The van der Waals surface area contributed by atoms with Gasteiger partial charge in [-0.2, -0.15) is 0 Å². The number of carbonyl (C=O) groups is 1. The first-order chi connectivity index (χ1) is 14.9. The third kappa shape index (κ3) is 7.37. The number of fused-ring (bicyclic) bond motifs is 2. The van der Waals surface area contributed by atoms with Crippen molar-refractivity contribution in [3.05, 3.63) is 94.3 Å². The van der Waals surface area contributed by atoms with Crippen LogP contribution in [-0.2, 0) is 0 Å². The van der Waals surface area contributed by atoms with Gasteiger partial charge in [-0.15, -0.1) is 0 Å². The fourth-order valence-electron chi connectivity index (χ4n) is 2.86. The largest absolute Gasteiger partial charge is 1.00 e. The van der Waals surface area contributed by atoms with Crippen LogP contribution in [0.15, 0.2) is 72.8 Å². The molecule has 0 fully saturated rings. The number of nitrogens with zero attached hydrogens (tertiary/aromatic N) is 3. The third-order valence-electron chi connectivity index (χ3n) is 4.37. The van der Waals surface area contributed by atoms with Gasteiger partial charge in [-0.25, -0.2) is 4.79 Å². The van der Waals surface area contributed by atoms with Crippen LogP contribution in [0.4, 0.5) is 5.69 Å². The van der Waals surface area contributed by atoms with E-state index in [1.165, 1.54) is 10.3 Å². The summed E-state index contributed by atoms with van der Waals surface area (Å²) in [6.07, 6.45) is 0. The second-order valence-corrected chi connectivity index (χ2v) is 6.29. The van der Waals surface area contributed by atoms with Crippen molar-refractivity contribution in [2.45, 2.75) is 0 Å². The van der Waals surface area contributed by atoms with Crippen molar-refractivity contribution in [3.8, 4) is 11.5 Å². The molecule has 0 bridgehead atoms. The molecule has 0 aliphatic heterocycles. The first kappa shape index (κ1) is 26.6. The van der Waals surface area contributed by atoms with Gasteiger partial charge < -0.3 is 31.4 Å². The minimum absolute atomic E-state index is 0. The maximum atomic E-state index is 10.8. The van der Waals surface area contributed by atoms with Gasteiger partial charge in [0, 0.05) is 5.69 Å². The summed E-state index contributed by atoms with van der Waals surface area (Å²) in [6, 6.07) is 22.4. The molecule has 0 saturated carbocycles. The fraction of sp³-hybridized carbons (Fsp3) is 0.0870. The minimum Gasteiger partial charge on any atom is -0.497 e. The normalized spacial score (nSPS) is 9.19. The molecule has 158 valence electrons. The fourth-order valence-corrected chi connectivity index (χ4v) is 2.86. The molecule has 4 rings (SSSR count). The van der Waals surface area contributed by atoms with Crippen LogP contribution in [-0.4, -0.2) is 25.3 Å². The number of anilines is 1.